The molecule has 0 fully saturated rings. The molecular formula is C19H16F3N3O3S. The summed E-state index contributed by atoms with van der Waals surface area (Å²) in [4.78, 5) is 11.7. The van der Waals surface area contributed by atoms with Gasteiger partial charge in [-0.2, -0.15) is 22.7 Å². The smallest absolute Gasteiger partial charge is 0.325 e. The van der Waals surface area contributed by atoms with Crippen LogP contribution in [0.15, 0.2) is 66.1 Å². The van der Waals surface area contributed by atoms with Crippen molar-refractivity contribution in [3.63, 3.8) is 0 Å². The van der Waals surface area contributed by atoms with Crippen LogP contribution in [0.3, 0.4) is 0 Å². The van der Waals surface area contributed by atoms with Gasteiger partial charge in [-0.05, 0) is 42.5 Å². The first-order valence-corrected chi connectivity index (χ1v) is 9.60. The molecule has 0 spiro atoms. The molecule has 0 aromatic heterocycles. The Hall–Kier alpha value is -3.16. The summed E-state index contributed by atoms with van der Waals surface area (Å²) in [6, 6.07) is 11.1. The van der Waals surface area contributed by atoms with Gasteiger partial charge in [-0.1, -0.05) is 12.1 Å². The fourth-order valence-corrected chi connectivity index (χ4v) is 3.78. The molecule has 0 unspecified atom stereocenters. The van der Waals surface area contributed by atoms with Crippen molar-refractivity contribution in [2.45, 2.75) is 11.1 Å². The van der Waals surface area contributed by atoms with E-state index in [0.29, 0.717) is 21.6 Å². The van der Waals surface area contributed by atoms with Crippen molar-refractivity contribution in [3.05, 3.63) is 72.3 Å². The zero-order valence-electron chi connectivity index (χ0n) is 15.0. The largest absolute Gasteiger partial charge is 0.416 e. The van der Waals surface area contributed by atoms with Gasteiger partial charge in [0.15, 0.2) is 0 Å². The van der Waals surface area contributed by atoms with Crippen LogP contribution in [-0.4, -0.2) is 31.7 Å². The Morgan fingerprint density at radius 2 is 1.86 bits per heavy atom. The maximum absolute atomic E-state index is 12.9. The van der Waals surface area contributed by atoms with Crippen LogP contribution in [0.25, 0.3) is 0 Å². The predicted octanol–water partition coefficient (Wildman–Crippen LogP) is 3.39. The second-order valence-electron chi connectivity index (χ2n) is 5.85. The van der Waals surface area contributed by atoms with Crippen molar-refractivity contribution < 1.29 is 26.4 Å². The molecular weight excluding hydrogens is 407 g/mol. The third-order valence-electron chi connectivity index (χ3n) is 3.75. The fourth-order valence-electron chi connectivity index (χ4n) is 2.36. The number of hydrogen-bond donors (Lipinski definition) is 1. The molecule has 0 heterocycles. The minimum atomic E-state index is -4.71. The second-order valence-corrected chi connectivity index (χ2v) is 7.79. The van der Waals surface area contributed by atoms with Crippen molar-refractivity contribution in [1.29, 1.82) is 5.26 Å². The summed E-state index contributed by atoms with van der Waals surface area (Å²) in [6.07, 6.45) is -3.48. The van der Waals surface area contributed by atoms with E-state index in [1.807, 2.05) is 6.07 Å². The number of rotatable bonds is 7. The molecule has 0 bridgehead atoms. The van der Waals surface area contributed by atoms with Gasteiger partial charge in [0.1, 0.15) is 0 Å². The molecule has 2 aromatic rings. The monoisotopic (exact) mass is 423 g/mol. The quantitative estimate of drug-likeness (QED) is 0.692. The fraction of sp³-hybridized carbons (Fsp3) is 0.158. The number of nitrogens with zero attached hydrogens (tertiary/aromatic N) is 2. The first-order chi connectivity index (χ1) is 13.6. The lowest BCUT2D eigenvalue weighted by Crippen LogP contribution is -2.38. The van der Waals surface area contributed by atoms with E-state index in [-0.39, 0.29) is 6.54 Å². The van der Waals surface area contributed by atoms with Crippen LogP contribution in [0.5, 0.6) is 0 Å². The summed E-state index contributed by atoms with van der Waals surface area (Å²) in [5, 5.41) is 11.2. The van der Waals surface area contributed by atoms with Crippen LogP contribution < -0.4 is 5.32 Å². The van der Waals surface area contributed by atoms with Crippen molar-refractivity contribution in [2.24, 2.45) is 0 Å². The van der Waals surface area contributed by atoms with E-state index < -0.39 is 39.1 Å². The molecule has 152 valence electrons. The molecule has 0 radical (unpaired) electrons. The van der Waals surface area contributed by atoms with Gasteiger partial charge in [0, 0.05) is 12.2 Å². The molecule has 10 heteroatoms. The minimum absolute atomic E-state index is 0.278. The van der Waals surface area contributed by atoms with E-state index >= 15 is 0 Å². The predicted molar refractivity (Wildman–Crippen MR) is 100 cm³/mol. The number of sulfonamides is 1. The Morgan fingerprint density at radius 3 is 2.41 bits per heavy atom. The number of alkyl halides is 3. The van der Waals surface area contributed by atoms with Crippen molar-refractivity contribution in [2.75, 3.05) is 18.4 Å². The van der Waals surface area contributed by atoms with E-state index in [0.717, 1.165) is 18.2 Å². The second kappa shape index (κ2) is 8.89. The normalized spacial score (nSPS) is 11.7. The molecule has 1 N–H and O–H groups in total. The highest BCUT2D eigenvalue weighted by Crippen LogP contribution is 2.31. The van der Waals surface area contributed by atoms with Gasteiger partial charge in [-0.25, -0.2) is 8.42 Å². The SMILES string of the molecule is C=CCN(CC(=O)Nc1ccc(C#N)cc1)S(=O)(=O)c1cccc(C(F)(F)F)c1. The average molecular weight is 423 g/mol. The molecule has 6 nitrogen and oxygen atoms in total. The van der Waals surface area contributed by atoms with Gasteiger partial charge < -0.3 is 5.32 Å². The van der Waals surface area contributed by atoms with Gasteiger partial charge in [-0.15, -0.1) is 6.58 Å². The summed E-state index contributed by atoms with van der Waals surface area (Å²) in [5.41, 5.74) is -0.397. The summed E-state index contributed by atoms with van der Waals surface area (Å²) in [7, 11) is -4.39. The number of nitrogens with one attached hydrogen (secondary N) is 1. The number of carbonyl (C=O) groups is 1. The van der Waals surface area contributed by atoms with E-state index in [1.165, 1.54) is 30.3 Å². The van der Waals surface area contributed by atoms with E-state index in [1.54, 1.807) is 0 Å². The standard InChI is InChI=1S/C19H16F3N3O3S/c1-2-10-25(13-18(26)24-16-8-6-14(12-23)7-9-16)29(27,28)17-5-3-4-15(11-17)19(20,21)22/h2-9,11H,1,10,13H2,(H,24,26). The Morgan fingerprint density at radius 1 is 1.21 bits per heavy atom. The Balaban J connectivity index is 2.24. The number of halogens is 3. The van der Waals surface area contributed by atoms with Crippen molar-refractivity contribution in [3.8, 4) is 6.07 Å². The van der Waals surface area contributed by atoms with Gasteiger partial charge in [0.25, 0.3) is 0 Å². The third-order valence-corrected chi connectivity index (χ3v) is 5.56. The third kappa shape index (κ3) is 5.66. The van der Waals surface area contributed by atoms with Gasteiger partial charge in [0.05, 0.1) is 28.6 Å². The summed E-state index contributed by atoms with van der Waals surface area (Å²) in [6.45, 7) is 2.51. The van der Waals surface area contributed by atoms with Crippen molar-refractivity contribution >= 4 is 21.6 Å². The summed E-state index contributed by atoms with van der Waals surface area (Å²) < 4.78 is 65.0. The number of benzene rings is 2. The van der Waals surface area contributed by atoms with Crippen LogP contribution >= 0.6 is 0 Å². The highest BCUT2D eigenvalue weighted by atomic mass is 32.2. The molecule has 29 heavy (non-hydrogen) atoms. The Kier molecular flexibility index (Phi) is 6.79. The molecule has 0 atom stereocenters. The first-order valence-electron chi connectivity index (χ1n) is 8.16. The van der Waals surface area contributed by atoms with Gasteiger partial charge in [0.2, 0.25) is 15.9 Å². The lowest BCUT2D eigenvalue weighted by atomic mass is 10.2. The molecule has 0 saturated carbocycles. The molecule has 0 aliphatic rings. The summed E-state index contributed by atoms with van der Waals surface area (Å²) in [5.74, 6) is -0.702. The molecule has 2 aromatic carbocycles. The van der Waals surface area contributed by atoms with Gasteiger partial charge >= 0.3 is 6.18 Å². The highest BCUT2D eigenvalue weighted by Gasteiger charge is 2.33. The molecule has 0 aliphatic heterocycles. The molecule has 1 amide bonds. The van der Waals surface area contributed by atoms with Crippen LogP contribution in [0.2, 0.25) is 0 Å². The van der Waals surface area contributed by atoms with E-state index in [9.17, 15) is 26.4 Å². The van der Waals surface area contributed by atoms with E-state index in [4.69, 9.17) is 5.26 Å². The van der Waals surface area contributed by atoms with Crippen LogP contribution in [0, 0.1) is 11.3 Å². The van der Waals surface area contributed by atoms with Crippen LogP contribution in [0.1, 0.15) is 11.1 Å². The van der Waals surface area contributed by atoms with Crippen LogP contribution in [-0.2, 0) is 21.0 Å². The minimum Gasteiger partial charge on any atom is -0.325 e. The number of hydrogen-bond acceptors (Lipinski definition) is 4. The molecule has 2 rings (SSSR count). The number of carbonyl (C=O) groups excluding carboxylic acids is 1. The van der Waals surface area contributed by atoms with Crippen LogP contribution in [0.4, 0.5) is 18.9 Å². The zero-order valence-corrected chi connectivity index (χ0v) is 15.8. The zero-order chi connectivity index (χ0) is 21.7. The lowest BCUT2D eigenvalue weighted by molar-refractivity contribution is -0.137. The Labute approximate surface area is 165 Å². The Bertz CT molecular complexity index is 1040. The van der Waals surface area contributed by atoms with Gasteiger partial charge in [-0.3, -0.25) is 4.79 Å². The highest BCUT2D eigenvalue weighted by molar-refractivity contribution is 7.89. The maximum Gasteiger partial charge on any atom is 0.416 e. The summed E-state index contributed by atoms with van der Waals surface area (Å²) >= 11 is 0. The number of nitriles is 1. The number of anilines is 1. The van der Waals surface area contributed by atoms with Crippen molar-refractivity contribution in [1.82, 2.24) is 4.31 Å². The first kappa shape index (κ1) is 22.1. The molecule has 0 aliphatic carbocycles. The maximum atomic E-state index is 12.9. The number of amides is 1. The topological polar surface area (TPSA) is 90.3 Å². The molecule has 0 saturated heterocycles. The average Bonchev–Trinajstić information content (AvgIpc) is 2.67. The lowest BCUT2D eigenvalue weighted by Gasteiger charge is -2.21. The van der Waals surface area contributed by atoms with E-state index in [2.05, 4.69) is 11.9 Å².